The minimum absolute atomic E-state index is 0.0747. The zero-order chi connectivity index (χ0) is 30.0. The molecular weight excluding hydrogens is 551 g/mol. The van der Waals surface area contributed by atoms with Crippen LogP contribution in [-0.2, 0) is 21.8 Å². The first-order chi connectivity index (χ1) is 19.3. The Morgan fingerprint density at radius 1 is 1.15 bits per heavy atom. The molecule has 0 bridgehead atoms. The van der Waals surface area contributed by atoms with E-state index in [1.54, 1.807) is 22.9 Å². The molecule has 9 nitrogen and oxygen atoms in total. The van der Waals surface area contributed by atoms with Gasteiger partial charge in [-0.05, 0) is 50.4 Å². The average molecular weight is 597 g/mol. The van der Waals surface area contributed by atoms with E-state index < -0.39 is 5.54 Å². The number of hydrogen-bond donors (Lipinski definition) is 3. The van der Waals surface area contributed by atoms with Gasteiger partial charge in [0, 0.05) is 37.0 Å². The number of carbonyl (C=O) groups is 2. The first-order valence-corrected chi connectivity index (χ1v) is 14.8. The summed E-state index contributed by atoms with van der Waals surface area (Å²) >= 11 is 11.2. The summed E-state index contributed by atoms with van der Waals surface area (Å²) in [5.74, 6) is 0.0806. The number of aromatic nitrogens is 1. The molecule has 40 heavy (non-hydrogen) atoms. The topological polar surface area (TPSA) is 127 Å². The standard InChI is InChI=1S/C26H35ClN6O3.C2H6.CH3Cl/c1-32(26(13-5-4-12-23(26)34)21-10-2-3-11-22(21)27)18-36-19-33-16-8-9-20(17-33)24(35)30-14-6-7-15-31-25(28)29;2*1-2/h2-3,8-11,16-17H,4-7,12-15,18-19H2,1H3,(H4-,28,29,30,31,35);1-2H3;1H3/p+1. The molecule has 0 radical (unpaired) electrons. The number of rotatable bonds is 12. The molecule has 222 valence electrons. The molecule has 0 aliphatic heterocycles. The smallest absolute Gasteiger partial charge is 0.257 e. The molecule has 0 spiro atoms. The van der Waals surface area contributed by atoms with Gasteiger partial charge in [0.15, 0.2) is 24.1 Å². The van der Waals surface area contributed by atoms with Crippen molar-refractivity contribution in [2.24, 2.45) is 16.5 Å². The second kappa shape index (κ2) is 19.4. The number of benzene rings is 1. The highest BCUT2D eigenvalue weighted by atomic mass is 35.5. The summed E-state index contributed by atoms with van der Waals surface area (Å²) in [6, 6.07) is 11.1. The largest absolute Gasteiger partial charge is 0.370 e. The molecule has 1 aliphatic rings. The molecule has 5 N–H and O–H groups in total. The van der Waals surface area contributed by atoms with E-state index in [1.807, 2.05) is 56.3 Å². The fourth-order valence-corrected chi connectivity index (χ4v) is 4.87. The number of hydrogen-bond acceptors (Lipinski definition) is 5. The van der Waals surface area contributed by atoms with Crippen LogP contribution in [0.1, 0.15) is 68.3 Å². The second-order valence-corrected chi connectivity index (χ2v) is 9.41. The Balaban J connectivity index is 0.00000191. The zero-order valence-electron chi connectivity index (χ0n) is 24.2. The van der Waals surface area contributed by atoms with Gasteiger partial charge in [-0.3, -0.25) is 19.5 Å². The Hall–Kier alpha value is -2.72. The third-order valence-corrected chi connectivity index (χ3v) is 6.76. The number of nitrogens with zero attached hydrogens (tertiary/aromatic N) is 3. The summed E-state index contributed by atoms with van der Waals surface area (Å²) in [6.45, 7) is 5.54. The molecule has 1 unspecified atom stereocenters. The number of guanidine groups is 1. The predicted octanol–water partition coefficient (Wildman–Crippen LogP) is 4.19. The summed E-state index contributed by atoms with van der Waals surface area (Å²) in [6.07, 6.45) is 9.66. The highest BCUT2D eigenvalue weighted by Crippen LogP contribution is 2.42. The molecular formula is C29H45Cl2N6O3+. The Morgan fingerprint density at radius 2 is 1.88 bits per heavy atom. The minimum Gasteiger partial charge on any atom is -0.370 e. The van der Waals surface area contributed by atoms with Gasteiger partial charge in [0.05, 0.1) is 0 Å². The maximum absolute atomic E-state index is 13.2. The lowest BCUT2D eigenvalue weighted by atomic mass is 9.74. The van der Waals surface area contributed by atoms with Gasteiger partial charge in [0.1, 0.15) is 17.8 Å². The van der Waals surface area contributed by atoms with Crippen LogP contribution in [0.25, 0.3) is 0 Å². The van der Waals surface area contributed by atoms with E-state index in [0.29, 0.717) is 36.5 Å². The number of pyridine rings is 1. The third-order valence-electron chi connectivity index (χ3n) is 6.44. The van der Waals surface area contributed by atoms with E-state index in [4.69, 9.17) is 27.8 Å². The number of ether oxygens (including phenoxy) is 1. The van der Waals surface area contributed by atoms with Crippen LogP contribution in [0.15, 0.2) is 53.8 Å². The number of carbonyl (C=O) groups excluding carboxylic acids is 2. The van der Waals surface area contributed by atoms with Crippen molar-refractivity contribution in [3.63, 3.8) is 0 Å². The van der Waals surface area contributed by atoms with Gasteiger partial charge in [0.2, 0.25) is 0 Å². The predicted molar refractivity (Wildman–Crippen MR) is 162 cm³/mol. The number of ketones is 1. The van der Waals surface area contributed by atoms with Crippen molar-refractivity contribution >= 4 is 40.9 Å². The molecule has 1 aromatic heterocycles. The lowest BCUT2D eigenvalue weighted by Gasteiger charge is -2.43. The van der Waals surface area contributed by atoms with E-state index in [0.717, 1.165) is 31.2 Å². The van der Waals surface area contributed by atoms with Crippen LogP contribution in [0.2, 0.25) is 5.02 Å². The molecule has 11 heteroatoms. The molecule has 1 amide bonds. The number of nitrogens with one attached hydrogen (secondary N) is 1. The van der Waals surface area contributed by atoms with E-state index in [-0.39, 0.29) is 31.1 Å². The van der Waals surface area contributed by atoms with Crippen molar-refractivity contribution in [3.8, 4) is 0 Å². The molecule has 1 heterocycles. The van der Waals surface area contributed by atoms with Crippen molar-refractivity contribution in [3.05, 3.63) is 64.9 Å². The number of alkyl halides is 1. The van der Waals surface area contributed by atoms with Crippen molar-refractivity contribution in [2.45, 2.75) is 64.6 Å². The molecule has 1 aliphatic carbocycles. The number of halogens is 2. The van der Waals surface area contributed by atoms with Crippen LogP contribution < -0.4 is 21.4 Å². The Morgan fingerprint density at radius 3 is 2.55 bits per heavy atom. The SMILES string of the molecule is CC.CCl.CN(COC[n+]1cccc(C(=O)NCCCCN=C(N)N)c1)C1(c2ccccc2Cl)CCCCC1=O. The van der Waals surface area contributed by atoms with Crippen LogP contribution in [0.5, 0.6) is 0 Å². The summed E-state index contributed by atoms with van der Waals surface area (Å²) in [4.78, 5) is 31.6. The second-order valence-electron chi connectivity index (χ2n) is 9.01. The Bertz CT molecular complexity index is 1080. The van der Waals surface area contributed by atoms with Gasteiger partial charge >= 0.3 is 0 Å². The van der Waals surface area contributed by atoms with Gasteiger partial charge < -0.3 is 21.5 Å². The number of likely N-dealkylation sites (N-methyl/N-ethyl adjacent to an activating group) is 1. The van der Waals surface area contributed by atoms with Gasteiger partial charge in [-0.2, -0.15) is 4.57 Å². The summed E-state index contributed by atoms with van der Waals surface area (Å²) in [5, 5.41) is 3.49. The molecule has 1 atom stereocenters. The maximum Gasteiger partial charge on any atom is 0.257 e. The highest BCUT2D eigenvalue weighted by Gasteiger charge is 2.46. The third kappa shape index (κ3) is 10.4. The van der Waals surface area contributed by atoms with E-state index in [1.165, 1.54) is 6.38 Å². The Kier molecular flexibility index (Phi) is 17.1. The van der Waals surface area contributed by atoms with Crippen molar-refractivity contribution in [1.82, 2.24) is 10.2 Å². The molecule has 3 rings (SSSR count). The van der Waals surface area contributed by atoms with Gasteiger partial charge in [-0.15, -0.1) is 11.6 Å². The summed E-state index contributed by atoms with van der Waals surface area (Å²) in [7, 11) is 1.90. The summed E-state index contributed by atoms with van der Waals surface area (Å²) in [5.41, 5.74) is 11.2. The van der Waals surface area contributed by atoms with Crippen LogP contribution in [0.4, 0.5) is 0 Å². The van der Waals surface area contributed by atoms with Crippen molar-refractivity contribution in [2.75, 3.05) is 33.3 Å². The van der Waals surface area contributed by atoms with E-state index in [9.17, 15) is 9.59 Å². The van der Waals surface area contributed by atoms with Crippen molar-refractivity contribution in [1.29, 1.82) is 0 Å². The first-order valence-electron chi connectivity index (χ1n) is 13.6. The quantitative estimate of drug-likeness (QED) is 0.0843. The van der Waals surface area contributed by atoms with Crippen LogP contribution in [0, 0.1) is 0 Å². The fraction of sp³-hybridized carbons (Fsp3) is 0.517. The van der Waals surface area contributed by atoms with Gasteiger partial charge in [0.25, 0.3) is 12.6 Å². The fourth-order valence-electron chi connectivity index (χ4n) is 4.58. The number of amides is 1. The molecule has 1 aromatic carbocycles. The lowest BCUT2D eigenvalue weighted by molar-refractivity contribution is -0.733. The normalized spacial score (nSPS) is 16.2. The van der Waals surface area contributed by atoms with Crippen LogP contribution in [-0.4, -0.2) is 55.8 Å². The number of Topliss-reactive ketones (excluding diaryl/α,β-unsaturated/α-hetero) is 1. The van der Waals surface area contributed by atoms with E-state index >= 15 is 0 Å². The summed E-state index contributed by atoms with van der Waals surface area (Å²) < 4.78 is 7.78. The minimum atomic E-state index is -0.801. The maximum atomic E-state index is 13.2. The molecule has 1 saturated carbocycles. The monoisotopic (exact) mass is 595 g/mol. The van der Waals surface area contributed by atoms with E-state index in [2.05, 4.69) is 21.9 Å². The first kappa shape index (κ1) is 35.3. The number of unbranched alkanes of at least 4 members (excludes halogenated alkanes) is 1. The van der Waals surface area contributed by atoms with Gasteiger partial charge in [-0.25, -0.2) is 0 Å². The van der Waals surface area contributed by atoms with Gasteiger partial charge in [-0.1, -0.05) is 50.1 Å². The number of nitrogens with two attached hydrogens (primary N) is 2. The van der Waals surface area contributed by atoms with Crippen LogP contribution >= 0.6 is 23.2 Å². The van der Waals surface area contributed by atoms with Crippen molar-refractivity contribution < 1.29 is 18.9 Å². The zero-order valence-corrected chi connectivity index (χ0v) is 25.7. The van der Waals surface area contributed by atoms with Crippen LogP contribution in [0.3, 0.4) is 0 Å². The molecule has 0 saturated heterocycles. The lowest BCUT2D eigenvalue weighted by Crippen LogP contribution is -2.53. The molecule has 2 aromatic rings. The molecule has 1 fully saturated rings. The average Bonchev–Trinajstić information content (AvgIpc) is 2.97. The number of aliphatic imine (C=N–C) groups is 1. The highest BCUT2D eigenvalue weighted by molar-refractivity contribution is 6.31. The Labute approximate surface area is 248 Å².